The van der Waals surface area contributed by atoms with Crippen LogP contribution in [0.15, 0.2) is 109 Å². The molecule has 0 saturated heterocycles. The lowest BCUT2D eigenvalue weighted by molar-refractivity contribution is 0.0734. The minimum absolute atomic E-state index is 0.130. The van der Waals surface area contributed by atoms with Crippen molar-refractivity contribution in [1.82, 2.24) is 39.7 Å². The van der Waals surface area contributed by atoms with Gasteiger partial charge >= 0.3 is 34.5 Å². The number of ether oxygens (including phenoxy) is 3. The van der Waals surface area contributed by atoms with Crippen molar-refractivity contribution in [1.29, 1.82) is 0 Å². The second kappa shape index (κ2) is 27.3. The van der Waals surface area contributed by atoms with Gasteiger partial charge in [-0.25, -0.2) is 9.59 Å². The van der Waals surface area contributed by atoms with Crippen LogP contribution in [0.25, 0.3) is 28.1 Å². The fourth-order valence-electron chi connectivity index (χ4n) is 8.19. The SMILES string of the molecule is CCCCCCCCOc1ccc(C)cc1OS(=O)Nc1cc(NS(=O)Oc2cc(C)ccc2OCCCCCCCC)cc(-c2nn3nc(C(=O)N(C)C(=O)n4nc5ccc(C(=O)Oc6ccccc6)cc5n4)cc3[nH]2)c1. The summed E-state index contributed by atoms with van der Waals surface area (Å²) in [6.07, 6.45) is 13.2. The predicted octanol–water partition coefficient (Wildman–Crippen LogP) is 11.7. The highest BCUT2D eigenvalue weighted by molar-refractivity contribution is 7.82. The number of hydrogen-bond acceptors (Lipinski definition) is 14. The molecule has 3 heterocycles. The molecule has 20 nitrogen and oxygen atoms in total. The van der Waals surface area contributed by atoms with E-state index in [1.807, 2.05) is 26.0 Å². The van der Waals surface area contributed by atoms with E-state index in [2.05, 4.69) is 48.7 Å². The molecular formula is C56H64N10O10S2. The third kappa shape index (κ3) is 15.3. The van der Waals surface area contributed by atoms with Crippen molar-refractivity contribution in [3.05, 3.63) is 132 Å². The molecule has 78 heavy (non-hydrogen) atoms. The van der Waals surface area contributed by atoms with Crippen molar-refractivity contribution in [2.45, 2.75) is 105 Å². The summed E-state index contributed by atoms with van der Waals surface area (Å²) in [5, 5.41) is 17.4. The number of imide groups is 1. The van der Waals surface area contributed by atoms with Gasteiger partial charge in [-0.15, -0.1) is 25.0 Å². The molecule has 0 spiro atoms. The number of amides is 2. The molecule has 2 unspecified atom stereocenters. The maximum absolute atomic E-state index is 13.8. The normalized spacial score (nSPS) is 12.0. The molecule has 8 aromatic rings. The minimum Gasteiger partial charge on any atom is -0.490 e. The Morgan fingerprint density at radius 3 is 1.74 bits per heavy atom. The third-order valence-corrected chi connectivity index (χ3v) is 13.8. The Balaban J connectivity index is 0.987. The van der Waals surface area contributed by atoms with Gasteiger partial charge in [0.1, 0.15) is 16.8 Å². The van der Waals surface area contributed by atoms with Crippen LogP contribution in [0.2, 0.25) is 0 Å². The molecule has 3 aromatic heterocycles. The molecular weight excluding hydrogens is 1040 g/mol. The molecule has 2 atom stereocenters. The van der Waals surface area contributed by atoms with Crippen molar-refractivity contribution in [3.8, 4) is 40.1 Å². The highest BCUT2D eigenvalue weighted by Gasteiger charge is 2.26. The van der Waals surface area contributed by atoms with Gasteiger partial charge in [0.15, 0.2) is 40.2 Å². The van der Waals surface area contributed by atoms with Gasteiger partial charge < -0.3 is 27.6 Å². The van der Waals surface area contributed by atoms with Crippen molar-refractivity contribution in [3.63, 3.8) is 0 Å². The lowest BCUT2D eigenvalue weighted by Gasteiger charge is -2.15. The van der Waals surface area contributed by atoms with Gasteiger partial charge in [-0.05, 0) is 111 Å². The summed E-state index contributed by atoms with van der Waals surface area (Å²) >= 11 is -4.33. The Hall–Kier alpha value is -8.11. The number of anilines is 2. The molecule has 0 bridgehead atoms. The molecule has 5 aromatic carbocycles. The molecule has 410 valence electrons. The fraction of sp³-hybridized carbons (Fsp3) is 0.339. The number of H-pyrrole nitrogens is 1. The van der Waals surface area contributed by atoms with Gasteiger partial charge in [-0.2, -0.15) is 8.42 Å². The minimum atomic E-state index is -2.16. The molecule has 0 saturated carbocycles. The lowest BCUT2D eigenvalue weighted by Crippen LogP contribution is -2.37. The standard InChI is InChI=1S/C56H64N10O10S2/c1-6-8-10-12-14-19-29-72-48-27-23-38(3)31-50(48)75-77(70)62-42-33-41(34-43(36-42)63-78(71)76-51-32-39(4)24-28-49(51)73-30-20-15-13-11-9-7-2)53-57-52-37-47(60-65(52)61-53)54(67)64(5)56(69)66-58-45-26-25-40(35-46(45)59-66)55(68)74-44-21-17-16-18-22-44/h16-18,21-28,31-37,62-63H,6-15,19-20,29-30H2,1-5H3,(H,57,61). The Morgan fingerprint density at radius 2 is 1.17 bits per heavy atom. The van der Waals surface area contributed by atoms with Crippen LogP contribution in [0.1, 0.15) is 123 Å². The summed E-state index contributed by atoms with van der Waals surface area (Å²) in [6.45, 7) is 9.12. The van der Waals surface area contributed by atoms with E-state index >= 15 is 0 Å². The summed E-state index contributed by atoms with van der Waals surface area (Å²) in [7, 11) is 1.26. The number of nitrogens with zero attached hydrogens (tertiary/aromatic N) is 7. The quantitative estimate of drug-likeness (QED) is 0.0235. The molecule has 0 fully saturated rings. The summed E-state index contributed by atoms with van der Waals surface area (Å²) in [5.74, 6) is 0.697. The highest BCUT2D eigenvalue weighted by Crippen LogP contribution is 2.33. The van der Waals surface area contributed by atoms with E-state index in [0.29, 0.717) is 53.0 Å². The van der Waals surface area contributed by atoms with E-state index in [9.17, 15) is 22.8 Å². The lowest BCUT2D eigenvalue weighted by atomic mass is 10.1. The number of carbonyl (C=O) groups excluding carboxylic acids is 3. The average Bonchev–Trinajstić information content (AvgIpc) is 4.16. The number of aryl methyl sites for hydroxylation is 2. The molecule has 0 aliphatic rings. The van der Waals surface area contributed by atoms with E-state index in [0.717, 1.165) is 59.3 Å². The zero-order valence-corrected chi connectivity index (χ0v) is 46.0. The topological polar surface area (TPSA) is 235 Å². The van der Waals surface area contributed by atoms with E-state index in [-0.39, 0.29) is 39.6 Å². The first kappa shape index (κ1) is 56.1. The summed E-state index contributed by atoms with van der Waals surface area (Å²) in [6, 6.07) is 29.3. The van der Waals surface area contributed by atoms with E-state index in [4.69, 9.17) is 22.6 Å². The second-order valence-corrected chi connectivity index (χ2v) is 20.4. The summed E-state index contributed by atoms with van der Waals surface area (Å²) < 4.78 is 64.1. The zero-order chi connectivity index (χ0) is 55.0. The molecule has 0 aliphatic heterocycles. The van der Waals surface area contributed by atoms with Gasteiger partial charge in [-0.1, -0.05) is 113 Å². The summed E-state index contributed by atoms with van der Waals surface area (Å²) in [4.78, 5) is 44.8. The number of esters is 1. The number of unbranched alkanes of at least 4 members (excludes halogenated alkanes) is 10. The Kier molecular flexibility index (Phi) is 19.6. The van der Waals surface area contributed by atoms with Crippen LogP contribution in [0.3, 0.4) is 0 Å². The number of benzene rings is 5. The molecule has 8 rings (SSSR count). The first-order valence-electron chi connectivity index (χ1n) is 26.1. The third-order valence-electron chi connectivity index (χ3n) is 12.3. The molecule has 2 amide bonds. The first-order chi connectivity index (χ1) is 37.8. The number of aromatic amines is 1. The second-order valence-electron chi connectivity index (χ2n) is 18.7. The van der Waals surface area contributed by atoms with E-state index in [1.54, 1.807) is 72.8 Å². The van der Waals surface area contributed by atoms with Gasteiger partial charge in [0, 0.05) is 18.7 Å². The van der Waals surface area contributed by atoms with Crippen LogP contribution >= 0.6 is 0 Å². The maximum Gasteiger partial charge on any atom is 0.368 e. The van der Waals surface area contributed by atoms with Gasteiger partial charge in [0.25, 0.3) is 5.91 Å². The van der Waals surface area contributed by atoms with E-state index in [1.165, 1.54) is 74.5 Å². The molecule has 0 aliphatic carbocycles. The van der Waals surface area contributed by atoms with Crippen LogP contribution in [0, 0.1) is 13.8 Å². The van der Waals surface area contributed by atoms with Crippen molar-refractivity contribution < 1.29 is 45.4 Å². The fourth-order valence-corrected chi connectivity index (χ4v) is 9.48. The van der Waals surface area contributed by atoms with Gasteiger partial charge in [-0.3, -0.25) is 19.1 Å². The largest absolute Gasteiger partial charge is 0.490 e. The van der Waals surface area contributed by atoms with Crippen molar-refractivity contribution in [2.75, 3.05) is 29.7 Å². The zero-order valence-electron chi connectivity index (χ0n) is 44.3. The molecule has 0 radical (unpaired) electrons. The number of carbonyl (C=O) groups is 3. The number of para-hydroxylation sites is 1. The highest BCUT2D eigenvalue weighted by atomic mass is 32.2. The van der Waals surface area contributed by atoms with Crippen LogP contribution in [0.4, 0.5) is 16.2 Å². The maximum atomic E-state index is 13.8. The van der Waals surface area contributed by atoms with Crippen LogP contribution in [-0.4, -0.2) is 86.3 Å². The monoisotopic (exact) mass is 1100 g/mol. The summed E-state index contributed by atoms with van der Waals surface area (Å²) in [5.41, 5.74) is 3.58. The number of aromatic nitrogens is 7. The van der Waals surface area contributed by atoms with Gasteiger partial charge in [0.05, 0.1) is 30.2 Å². The Labute approximate surface area is 457 Å². The molecule has 3 N–H and O–H groups in total. The Bertz CT molecular complexity index is 3270. The first-order valence-corrected chi connectivity index (χ1v) is 28.3. The van der Waals surface area contributed by atoms with Crippen LogP contribution in [-0.2, 0) is 22.5 Å². The van der Waals surface area contributed by atoms with Crippen molar-refractivity contribution >= 4 is 68.5 Å². The van der Waals surface area contributed by atoms with Crippen LogP contribution < -0.4 is 32.0 Å². The number of rotatable bonds is 28. The number of fused-ring (bicyclic) bond motifs is 2. The Morgan fingerprint density at radius 1 is 0.603 bits per heavy atom. The van der Waals surface area contributed by atoms with Gasteiger partial charge in [0.2, 0.25) is 0 Å². The van der Waals surface area contributed by atoms with E-state index < -0.39 is 40.4 Å². The predicted molar refractivity (Wildman–Crippen MR) is 299 cm³/mol. The number of hydrogen-bond donors (Lipinski definition) is 3. The smallest absolute Gasteiger partial charge is 0.368 e. The van der Waals surface area contributed by atoms with Crippen molar-refractivity contribution in [2.24, 2.45) is 0 Å². The average molecular weight is 1100 g/mol. The van der Waals surface area contributed by atoms with Crippen LogP contribution in [0.5, 0.6) is 28.7 Å². The number of nitrogens with one attached hydrogen (secondary N) is 3. The molecule has 22 heteroatoms.